The molecule has 0 aromatic heterocycles. The number of hydrazine groups is 1. The lowest BCUT2D eigenvalue weighted by molar-refractivity contribution is -0.167. The first kappa shape index (κ1) is 23.3. The highest BCUT2D eigenvalue weighted by Gasteiger charge is 2.53. The molecule has 3 N–H and O–H groups in total. The molecule has 7 nitrogen and oxygen atoms in total. The summed E-state index contributed by atoms with van der Waals surface area (Å²) in [6.07, 6.45) is 2.98. The van der Waals surface area contributed by atoms with Gasteiger partial charge in [-0.2, -0.15) is 0 Å². The second kappa shape index (κ2) is 9.87. The van der Waals surface area contributed by atoms with Crippen molar-refractivity contribution in [2.45, 2.75) is 45.8 Å². The maximum absolute atomic E-state index is 13.8. The van der Waals surface area contributed by atoms with Gasteiger partial charge in [0, 0.05) is 12.6 Å². The zero-order valence-corrected chi connectivity index (χ0v) is 19.1. The summed E-state index contributed by atoms with van der Waals surface area (Å²) in [7, 11) is 1.61. The van der Waals surface area contributed by atoms with Crippen LogP contribution in [-0.2, 0) is 44.1 Å². The molecule has 1 aliphatic heterocycles. The standard InChI is InChI=1S/C25H31N3O4/c1-5-19-12-17(3)13-20(6-2)23(19)25(32-16-22(26)29)21(14-27-28(4)24(25)30)31-15-18-10-8-7-9-11-18/h7-14,27H,5-6,15-16H2,1-4H3,(H2,26,29). The smallest absolute Gasteiger partial charge is 0.285 e. The van der Waals surface area contributed by atoms with Crippen molar-refractivity contribution in [2.24, 2.45) is 5.73 Å². The summed E-state index contributed by atoms with van der Waals surface area (Å²) in [5, 5.41) is 1.34. The molecule has 32 heavy (non-hydrogen) atoms. The number of primary amides is 1. The van der Waals surface area contributed by atoms with Gasteiger partial charge in [-0.1, -0.05) is 61.9 Å². The molecule has 0 spiro atoms. The Balaban J connectivity index is 2.21. The number of ether oxygens (including phenoxy) is 2. The first-order valence-electron chi connectivity index (χ1n) is 10.8. The number of nitrogens with one attached hydrogen (secondary N) is 1. The number of carbonyl (C=O) groups is 2. The van der Waals surface area contributed by atoms with Crippen molar-refractivity contribution in [3.8, 4) is 0 Å². The van der Waals surface area contributed by atoms with Gasteiger partial charge in [-0.05, 0) is 36.5 Å². The van der Waals surface area contributed by atoms with Crippen molar-refractivity contribution >= 4 is 11.8 Å². The van der Waals surface area contributed by atoms with Gasteiger partial charge < -0.3 is 15.2 Å². The van der Waals surface area contributed by atoms with E-state index in [-0.39, 0.29) is 12.5 Å². The Morgan fingerprint density at radius 1 is 1.12 bits per heavy atom. The Morgan fingerprint density at radius 2 is 1.75 bits per heavy atom. The summed E-state index contributed by atoms with van der Waals surface area (Å²) in [6.45, 7) is 5.90. The Bertz CT molecular complexity index is 994. The summed E-state index contributed by atoms with van der Waals surface area (Å²) >= 11 is 0. The molecule has 0 fully saturated rings. The van der Waals surface area contributed by atoms with E-state index >= 15 is 0 Å². The number of amides is 2. The third-order valence-electron chi connectivity index (χ3n) is 5.57. The average molecular weight is 438 g/mol. The van der Waals surface area contributed by atoms with Gasteiger partial charge >= 0.3 is 0 Å². The van der Waals surface area contributed by atoms with Crippen LogP contribution in [0.25, 0.3) is 0 Å². The lowest BCUT2D eigenvalue weighted by Gasteiger charge is -2.42. The van der Waals surface area contributed by atoms with Crippen molar-refractivity contribution in [1.82, 2.24) is 10.4 Å². The van der Waals surface area contributed by atoms with Crippen LogP contribution >= 0.6 is 0 Å². The minimum Gasteiger partial charge on any atom is -0.488 e. The molecule has 0 radical (unpaired) electrons. The van der Waals surface area contributed by atoms with Crippen molar-refractivity contribution in [1.29, 1.82) is 0 Å². The largest absolute Gasteiger partial charge is 0.488 e. The SMILES string of the molecule is CCc1cc(C)cc(CC)c1C1(OCC(N)=O)C(=O)N(C)NC=C1OCc1ccccc1. The van der Waals surface area contributed by atoms with Crippen LogP contribution in [0.1, 0.15) is 41.7 Å². The van der Waals surface area contributed by atoms with E-state index in [9.17, 15) is 9.59 Å². The third kappa shape index (κ3) is 4.48. The molecule has 0 saturated carbocycles. The zero-order chi connectivity index (χ0) is 23.3. The maximum Gasteiger partial charge on any atom is 0.285 e. The molecular weight excluding hydrogens is 406 g/mol. The van der Waals surface area contributed by atoms with Gasteiger partial charge in [0.1, 0.15) is 13.2 Å². The Morgan fingerprint density at radius 3 is 2.31 bits per heavy atom. The van der Waals surface area contributed by atoms with E-state index in [2.05, 4.69) is 5.43 Å². The van der Waals surface area contributed by atoms with Crippen molar-refractivity contribution in [3.63, 3.8) is 0 Å². The van der Waals surface area contributed by atoms with E-state index in [1.807, 2.05) is 63.2 Å². The number of nitrogens with zero attached hydrogens (tertiary/aromatic N) is 1. The van der Waals surface area contributed by atoms with Crippen LogP contribution in [-0.4, -0.2) is 30.5 Å². The predicted octanol–water partition coefficient (Wildman–Crippen LogP) is 2.85. The summed E-state index contributed by atoms with van der Waals surface area (Å²) in [5.74, 6) is -0.750. The molecule has 1 unspecified atom stereocenters. The van der Waals surface area contributed by atoms with Crippen LogP contribution in [0.3, 0.4) is 0 Å². The van der Waals surface area contributed by atoms with Crippen molar-refractivity contribution < 1.29 is 19.1 Å². The van der Waals surface area contributed by atoms with Crippen LogP contribution < -0.4 is 11.2 Å². The van der Waals surface area contributed by atoms with Gasteiger partial charge in [0.25, 0.3) is 5.91 Å². The number of carbonyl (C=O) groups excluding carboxylic acids is 2. The van der Waals surface area contributed by atoms with Crippen LogP contribution in [0.5, 0.6) is 0 Å². The molecule has 7 heteroatoms. The molecular formula is C25H31N3O4. The molecule has 170 valence electrons. The van der Waals surface area contributed by atoms with Crippen molar-refractivity contribution in [2.75, 3.05) is 13.7 Å². The molecule has 2 aromatic carbocycles. The van der Waals surface area contributed by atoms with Gasteiger partial charge in [-0.3, -0.25) is 20.0 Å². The van der Waals surface area contributed by atoms with E-state index in [1.165, 1.54) is 5.01 Å². The highest BCUT2D eigenvalue weighted by Crippen LogP contribution is 2.42. The first-order chi connectivity index (χ1) is 15.3. The highest BCUT2D eigenvalue weighted by molar-refractivity contribution is 5.91. The Kier molecular flexibility index (Phi) is 7.20. The first-order valence-corrected chi connectivity index (χ1v) is 10.8. The lowest BCUT2D eigenvalue weighted by atomic mass is 9.80. The Labute approximate surface area is 189 Å². The summed E-state index contributed by atoms with van der Waals surface area (Å²) in [4.78, 5) is 25.5. The molecule has 3 rings (SSSR count). The molecule has 2 aromatic rings. The Hall–Kier alpha value is -3.32. The highest BCUT2D eigenvalue weighted by atomic mass is 16.6. The number of rotatable bonds is 9. The monoisotopic (exact) mass is 437 g/mol. The molecule has 2 amide bonds. The van der Waals surface area contributed by atoms with Crippen LogP contribution in [0.4, 0.5) is 0 Å². The molecule has 1 atom stereocenters. The van der Waals surface area contributed by atoms with E-state index in [0.29, 0.717) is 24.2 Å². The molecule has 1 heterocycles. The molecule has 1 aliphatic rings. The second-order valence-electron chi connectivity index (χ2n) is 7.88. The number of hydrogen-bond acceptors (Lipinski definition) is 5. The van der Waals surface area contributed by atoms with Crippen LogP contribution in [0.2, 0.25) is 0 Å². The van der Waals surface area contributed by atoms with E-state index in [1.54, 1.807) is 13.2 Å². The topological polar surface area (TPSA) is 93.9 Å². The van der Waals surface area contributed by atoms with E-state index in [0.717, 1.165) is 22.3 Å². The minimum absolute atomic E-state index is 0.238. The van der Waals surface area contributed by atoms with E-state index < -0.39 is 18.1 Å². The molecule has 0 bridgehead atoms. The third-order valence-corrected chi connectivity index (χ3v) is 5.57. The summed E-state index contributed by atoms with van der Waals surface area (Å²) in [5.41, 5.74) is 11.4. The van der Waals surface area contributed by atoms with Gasteiger partial charge in [0.15, 0.2) is 5.76 Å². The number of likely N-dealkylation sites (N-methyl/N-ethyl adjacent to an activating group) is 1. The van der Waals surface area contributed by atoms with Crippen LogP contribution in [0, 0.1) is 6.92 Å². The van der Waals surface area contributed by atoms with Crippen LogP contribution in [0.15, 0.2) is 54.4 Å². The maximum atomic E-state index is 13.8. The second-order valence-corrected chi connectivity index (χ2v) is 7.88. The number of nitrogens with two attached hydrogens (primary N) is 1. The predicted molar refractivity (Wildman–Crippen MR) is 122 cm³/mol. The summed E-state index contributed by atoms with van der Waals surface area (Å²) in [6, 6.07) is 13.8. The van der Waals surface area contributed by atoms with Gasteiger partial charge in [-0.15, -0.1) is 0 Å². The average Bonchev–Trinajstić information content (AvgIpc) is 2.79. The van der Waals surface area contributed by atoms with Crippen molar-refractivity contribution in [3.05, 3.63) is 82.2 Å². The summed E-state index contributed by atoms with van der Waals surface area (Å²) < 4.78 is 12.3. The number of hydrogen-bond donors (Lipinski definition) is 2. The molecule has 0 aliphatic carbocycles. The quantitative estimate of drug-likeness (QED) is 0.629. The fraction of sp³-hybridized carbons (Fsp3) is 0.360. The fourth-order valence-electron chi connectivity index (χ4n) is 4.10. The van der Waals surface area contributed by atoms with Gasteiger partial charge in [-0.25, -0.2) is 0 Å². The number of benzene rings is 2. The zero-order valence-electron chi connectivity index (χ0n) is 19.1. The minimum atomic E-state index is -1.63. The van der Waals surface area contributed by atoms with E-state index in [4.69, 9.17) is 15.2 Å². The normalized spacial score (nSPS) is 18.2. The fourth-order valence-corrected chi connectivity index (χ4v) is 4.10. The number of aryl methyl sites for hydroxylation is 3. The lowest BCUT2D eigenvalue weighted by Crippen LogP contribution is -2.57. The molecule has 0 saturated heterocycles. The van der Waals surface area contributed by atoms with Gasteiger partial charge in [0.2, 0.25) is 11.5 Å². The van der Waals surface area contributed by atoms with Gasteiger partial charge in [0.05, 0.1) is 6.20 Å².